The third kappa shape index (κ3) is 5.64. The van der Waals surface area contributed by atoms with Gasteiger partial charge in [0.15, 0.2) is 25.0 Å². The van der Waals surface area contributed by atoms with Crippen molar-refractivity contribution in [2.45, 2.75) is 145 Å². The number of aliphatic hydroxyl groups is 8. The largest absolute Gasteiger partial charge is 0.489 e. The number of rotatable bonds is 7. The number of fused-ring (bicyclic) bond motifs is 5. The van der Waals surface area contributed by atoms with Crippen molar-refractivity contribution < 1.29 is 69.3 Å². The summed E-state index contributed by atoms with van der Waals surface area (Å²) in [4.78, 5) is 12.0. The van der Waals surface area contributed by atoms with Crippen molar-refractivity contribution >= 4 is 5.78 Å². The minimum Gasteiger partial charge on any atom is -0.489 e. The fourth-order valence-electron chi connectivity index (χ4n) is 11.3. The third-order valence-electron chi connectivity index (χ3n) is 14.1. The van der Waals surface area contributed by atoms with Crippen LogP contribution in [0.25, 0.3) is 0 Å². The summed E-state index contributed by atoms with van der Waals surface area (Å²) in [6.07, 6.45) is -5.90. The molecule has 3 aliphatic heterocycles. The highest BCUT2D eigenvalue weighted by atomic mass is 16.7. The lowest BCUT2D eigenvalue weighted by atomic mass is 9.43. The topological polar surface area (TPSA) is 225 Å². The molecule has 0 amide bonds. The molecular weight excluding hydrogens is 644 g/mol. The van der Waals surface area contributed by atoms with E-state index in [9.17, 15) is 45.6 Å². The standard InChI is InChI=1S/C35H54O14/c1-16-30(49-32-28(42)26(40)25(39)24(13-36)48-32)27(41)29(43)31(46-16)47-19-5-9-34(15-37)17(11-19)3-4-21-20(34)6-8-33(2)22(7-10-35(21,33)44)23-12-18(38)14-45-23/h12,16-17,19-22,24-32,36-37,39-44H,3-11,13-15H2,1-2H3/t16-,17-,19+,20+,21-,22-,24-,25-,26+,27+,28-,29-,30+,31+,32+,33-,34-,35+/m1/s1. The van der Waals surface area contributed by atoms with E-state index >= 15 is 0 Å². The summed E-state index contributed by atoms with van der Waals surface area (Å²) < 4.78 is 29.3. The maximum atomic E-state index is 12.5. The summed E-state index contributed by atoms with van der Waals surface area (Å²) in [5.74, 6) is 0.967. The third-order valence-corrected chi connectivity index (χ3v) is 14.1. The number of aliphatic hydroxyl groups excluding tert-OH is 7. The minimum absolute atomic E-state index is 0.00120. The van der Waals surface area contributed by atoms with Crippen molar-refractivity contribution in [1.29, 1.82) is 0 Å². The van der Waals surface area contributed by atoms with Crippen LogP contribution in [0.3, 0.4) is 0 Å². The first-order valence-corrected chi connectivity index (χ1v) is 18.1. The molecule has 0 spiro atoms. The normalized spacial score (nSPS) is 54.4. The van der Waals surface area contributed by atoms with Crippen LogP contribution >= 0.6 is 0 Å². The van der Waals surface area contributed by atoms with Crippen molar-refractivity contribution in [3.63, 3.8) is 0 Å². The van der Waals surface area contributed by atoms with E-state index in [1.165, 1.54) is 0 Å². The molecule has 0 aromatic heterocycles. The Kier molecular flexibility index (Phi) is 9.80. The lowest BCUT2D eigenvalue weighted by Gasteiger charge is -2.64. The van der Waals surface area contributed by atoms with E-state index in [1.807, 2.05) is 0 Å². The minimum atomic E-state index is -1.68. The molecule has 0 aromatic carbocycles. The van der Waals surface area contributed by atoms with Crippen LogP contribution in [0.4, 0.5) is 0 Å². The summed E-state index contributed by atoms with van der Waals surface area (Å²) in [7, 11) is 0. The quantitative estimate of drug-likeness (QED) is 0.153. The summed E-state index contributed by atoms with van der Waals surface area (Å²) >= 11 is 0. The smallest absolute Gasteiger partial charge is 0.196 e. The number of carbonyl (C=O) groups excluding carboxylic acids is 1. The number of allylic oxidation sites excluding steroid dienone is 1. The molecule has 0 unspecified atom stereocenters. The highest BCUT2D eigenvalue weighted by molar-refractivity contribution is 5.93. The van der Waals surface area contributed by atoms with Crippen molar-refractivity contribution in [1.82, 2.24) is 0 Å². The molecule has 7 aliphatic rings. The van der Waals surface area contributed by atoms with Gasteiger partial charge in [0, 0.05) is 24.0 Å². The fraction of sp³-hybridized carbons (Fsp3) is 0.914. The second kappa shape index (κ2) is 13.3. The molecule has 6 fully saturated rings. The molecule has 14 heteroatoms. The van der Waals surface area contributed by atoms with E-state index < -0.39 is 79.0 Å². The van der Waals surface area contributed by atoms with Gasteiger partial charge < -0.3 is 64.5 Å². The second-order valence-corrected chi connectivity index (χ2v) is 16.2. The van der Waals surface area contributed by atoms with Crippen LogP contribution in [-0.2, 0) is 28.5 Å². The predicted molar refractivity (Wildman–Crippen MR) is 167 cm³/mol. The average molecular weight is 699 g/mol. The maximum absolute atomic E-state index is 12.5. The van der Waals surface area contributed by atoms with E-state index in [4.69, 9.17) is 23.7 Å². The van der Waals surface area contributed by atoms with E-state index in [1.54, 1.807) is 13.0 Å². The van der Waals surface area contributed by atoms with Gasteiger partial charge in [-0.05, 0) is 87.9 Å². The van der Waals surface area contributed by atoms with Gasteiger partial charge in [0.1, 0.15) is 48.5 Å². The van der Waals surface area contributed by atoms with Crippen LogP contribution < -0.4 is 0 Å². The molecular formula is C35H54O14. The van der Waals surface area contributed by atoms with Crippen LogP contribution in [0.5, 0.6) is 0 Å². The highest BCUT2D eigenvalue weighted by Crippen LogP contribution is 2.70. The Morgan fingerprint density at radius 2 is 1.57 bits per heavy atom. The molecule has 4 aliphatic carbocycles. The Morgan fingerprint density at radius 1 is 0.837 bits per heavy atom. The fourth-order valence-corrected chi connectivity index (χ4v) is 11.3. The van der Waals surface area contributed by atoms with Crippen LogP contribution in [0.2, 0.25) is 0 Å². The predicted octanol–water partition coefficient (Wildman–Crippen LogP) is -0.747. The summed E-state index contributed by atoms with van der Waals surface area (Å²) in [5, 5.41) is 85.8. The van der Waals surface area contributed by atoms with Gasteiger partial charge in [-0.3, -0.25) is 4.79 Å². The highest BCUT2D eigenvalue weighted by Gasteiger charge is 2.69. The van der Waals surface area contributed by atoms with E-state index in [2.05, 4.69) is 6.92 Å². The van der Waals surface area contributed by atoms with Crippen LogP contribution in [0, 0.1) is 34.5 Å². The second-order valence-electron chi connectivity index (χ2n) is 16.2. The molecule has 278 valence electrons. The number of carbonyl (C=O) groups is 1. The first-order valence-electron chi connectivity index (χ1n) is 18.1. The van der Waals surface area contributed by atoms with E-state index in [-0.39, 0.29) is 54.2 Å². The molecule has 0 bridgehead atoms. The molecule has 4 saturated carbocycles. The lowest BCUT2D eigenvalue weighted by Crippen LogP contribution is -2.64. The van der Waals surface area contributed by atoms with Crippen molar-refractivity contribution in [3.8, 4) is 0 Å². The Morgan fingerprint density at radius 3 is 2.27 bits per heavy atom. The molecule has 2 saturated heterocycles. The summed E-state index contributed by atoms with van der Waals surface area (Å²) in [6.45, 7) is 3.21. The number of hydrogen-bond donors (Lipinski definition) is 8. The van der Waals surface area contributed by atoms with Gasteiger partial charge in [-0.25, -0.2) is 0 Å². The Hall–Kier alpha value is -1.27. The average Bonchev–Trinajstić information content (AvgIpc) is 3.64. The van der Waals surface area contributed by atoms with Crippen molar-refractivity contribution in [3.05, 3.63) is 11.8 Å². The Bertz CT molecular complexity index is 1260. The van der Waals surface area contributed by atoms with Gasteiger partial charge in [0.25, 0.3) is 0 Å². The zero-order valence-corrected chi connectivity index (χ0v) is 28.3. The Labute approximate surface area is 285 Å². The molecule has 49 heavy (non-hydrogen) atoms. The van der Waals surface area contributed by atoms with Crippen LogP contribution in [0.1, 0.15) is 71.6 Å². The molecule has 0 radical (unpaired) electrons. The summed E-state index contributed by atoms with van der Waals surface area (Å²) in [5.41, 5.74) is -1.71. The first-order chi connectivity index (χ1) is 23.3. The van der Waals surface area contributed by atoms with E-state index in [0.717, 1.165) is 32.1 Å². The Balaban J connectivity index is 0.995. The monoisotopic (exact) mass is 698 g/mol. The zero-order valence-electron chi connectivity index (χ0n) is 28.3. The molecule has 18 atom stereocenters. The summed E-state index contributed by atoms with van der Waals surface area (Å²) in [6, 6.07) is 0. The van der Waals surface area contributed by atoms with Crippen molar-refractivity contribution in [2.24, 2.45) is 34.5 Å². The van der Waals surface area contributed by atoms with Gasteiger partial charge in [0.05, 0.1) is 24.4 Å². The molecule has 8 N–H and O–H groups in total. The van der Waals surface area contributed by atoms with Gasteiger partial charge in [0.2, 0.25) is 0 Å². The molecule has 7 rings (SSSR count). The SMILES string of the molecule is C[C@H]1O[C@@H](O[C@H]2CC[C@@]3(CO)[C@H](CC[C@@H]4[C@@H]3CC[C@]3(C)[C@@H](C5=CC(=O)CO5)CC[C@]43O)C2)[C@H](O)[C@H](O)[C@H]1O[C@@H]1O[C@H](CO)[C@@H](O)[C@H](O)[C@H]1O. The van der Waals surface area contributed by atoms with Crippen LogP contribution in [0.15, 0.2) is 11.8 Å². The van der Waals surface area contributed by atoms with E-state index in [0.29, 0.717) is 31.4 Å². The van der Waals surface area contributed by atoms with Gasteiger partial charge in [-0.1, -0.05) is 6.92 Å². The maximum Gasteiger partial charge on any atom is 0.196 e. The molecule has 0 aromatic rings. The number of ether oxygens (including phenoxy) is 5. The first kappa shape index (κ1) is 36.1. The lowest BCUT2D eigenvalue weighted by molar-refractivity contribution is -0.360. The number of hydrogen-bond acceptors (Lipinski definition) is 14. The van der Waals surface area contributed by atoms with Gasteiger partial charge in [-0.15, -0.1) is 0 Å². The van der Waals surface area contributed by atoms with Gasteiger partial charge in [-0.2, -0.15) is 0 Å². The van der Waals surface area contributed by atoms with Crippen LogP contribution in [-0.4, -0.2) is 140 Å². The van der Waals surface area contributed by atoms with Gasteiger partial charge >= 0.3 is 0 Å². The number of ketones is 1. The molecule has 3 heterocycles. The zero-order chi connectivity index (χ0) is 35.0. The molecule has 14 nitrogen and oxygen atoms in total. The van der Waals surface area contributed by atoms with Crippen molar-refractivity contribution in [2.75, 3.05) is 19.8 Å².